The Bertz CT molecular complexity index is 821. The molecule has 0 bridgehead atoms. The first-order chi connectivity index (χ1) is 11.0. The van der Waals surface area contributed by atoms with Crippen LogP contribution in [0.2, 0.25) is 0 Å². The molecule has 1 heterocycles. The summed E-state index contributed by atoms with van der Waals surface area (Å²) in [5.74, 6) is 0.429. The monoisotopic (exact) mass is 310 g/mol. The standard InChI is InChI=1S/C19H15FO3/c1-12(2)11-22-14-7-8-15-17(10-14)23-18(19(15)21)9-13-5-3-4-6-16(13)20/h3-10H,1,11H2,2H3/b18-9-. The van der Waals surface area contributed by atoms with Gasteiger partial charge in [-0.05, 0) is 36.8 Å². The number of hydrogen-bond acceptors (Lipinski definition) is 3. The van der Waals surface area contributed by atoms with Gasteiger partial charge in [-0.15, -0.1) is 0 Å². The topological polar surface area (TPSA) is 35.5 Å². The van der Waals surface area contributed by atoms with Crippen molar-refractivity contribution in [3.63, 3.8) is 0 Å². The lowest BCUT2D eigenvalue weighted by atomic mass is 10.1. The van der Waals surface area contributed by atoms with Crippen LogP contribution in [0.1, 0.15) is 22.8 Å². The normalized spacial score (nSPS) is 14.5. The first-order valence-corrected chi connectivity index (χ1v) is 7.14. The zero-order valence-corrected chi connectivity index (χ0v) is 12.6. The molecule has 0 aliphatic carbocycles. The lowest BCUT2D eigenvalue weighted by Gasteiger charge is -2.06. The molecule has 116 valence electrons. The molecule has 0 spiro atoms. The average molecular weight is 310 g/mol. The van der Waals surface area contributed by atoms with Gasteiger partial charge in [0.05, 0.1) is 5.56 Å². The third-order valence-corrected chi connectivity index (χ3v) is 3.32. The van der Waals surface area contributed by atoms with Gasteiger partial charge >= 0.3 is 0 Å². The highest BCUT2D eigenvalue weighted by Gasteiger charge is 2.28. The van der Waals surface area contributed by atoms with Crippen LogP contribution in [0.3, 0.4) is 0 Å². The Morgan fingerprint density at radius 2 is 2.09 bits per heavy atom. The summed E-state index contributed by atoms with van der Waals surface area (Å²) >= 11 is 0. The quantitative estimate of drug-likeness (QED) is 0.620. The zero-order chi connectivity index (χ0) is 16.4. The van der Waals surface area contributed by atoms with Crippen LogP contribution in [0.25, 0.3) is 6.08 Å². The second kappa shape index (κ2) is 6.08. The molecule has 0 saturated carbocycles. The zero-order valence-electron chi connectivity index (χ0n) is 12.6. The third-order valence-electron chi connectivity index (χ3n) is 3.32. The summed E-state index contributed by atoms with van der Waals surface area (Å²) in [6.07, 6.45) is 1.41. The van der Waals surface area contributed by atoms with Crippen molar-refractivity contribution in [1.29, 1.82) is 0 Å². The molecular weight excluding hydrogens is 295 g/mol. The smallest absolute Gasteiger partial charge is 0.231 e. The highest BCUT2D eigenvalue weighted by molar-refractivity contribution is 6.14. The highest BCUT2D eigenvalue weighted by atomic mass is 19.1. The van der Waals surface area contributed by atoms with Gasteiger partial charge in [0.25, 0.3) is 0 Å². The molecular formula is C19H15FO3. The summed E-state index contributed by atoms with van der Waals surface area (Å²) in [6, 6.07) is 11.2. The van der Waals surface area contributed by atoms with Crippen LogP contribution in [0.5, 0.6) is 11.5 Å². The lowest BCUT2D eigenvalue weighted by molar-refractivity contribution is 0.101. The van der Waals surface area contributed by atoms with E-state index in [0.29, 0.717) is 29.2 Å². The van der Waals surface area contributed by atoms with E-state index in [4.69, 9.17) is 9.47 Å². The van der Waals surface area contributed by atoms with Gasteiger partial charge in [0.2, 0.25) is 5.78 Å². The molecule has 0 amide bonds. The molecule has 3 rings (SSSR count). The minimum Gasteiger partial charge on any atom is -0.489 e. The summed E-state index contributed by atoms with van der Waals surface area (Å²) in [5, 5.41) is 0. The third kappa shape index (κ3) is 3.16. The molecule has 1 aliphatic heterocycles. The number of benzene rings is 2. The van der Waals surface area contributed by atoms with Crippen molar-refractivity contribution in [1.82, 2.24) is 0 Å². The van der Waals surface area contributed by atoms with Crippen LogP contribution in [0.4, 0.5) is 4.39 Å². The van der Waals surface area contributed by atoms with Crippen LogP contribution in [0, 0.1) is 5.82 Å². The number of carbonyl (C=O) groups is 1. The summed E-state index contributed by atoms with van der Waals surface area (Å²) in [4.78, 5) is 12.3. The number of fused-ring (bicyclic) bond motifs is 1. The fourth-order valence-electron chi connectivity index (χ4n) is 2.20. The van der Waals surface area contributed by atoms with Crippen LogP contribution < -0.4 is 9.47 Å². The Morgan fingerprint density at radius 1 is 1.30 bits per heavy atom. The Hall–Kier alpha value is -2.88. The lowest BCUT2D eigenvalue weighted by Crippen LogP contribution is -1.98. The molecule has 1 aliphatic rings. The number of Topliss-reactive ketones (excluding diaryl/α,β-unsaturated/α-hetero) is 1. The van der Waals surface area contributed by atoms with Gasteiger partial charge in [0, 0.05) is 11.6 Å². The molecule has 3 nitrogen and oxygen atoms in total. The Morgan fingerprint density at radius 3 is 2.83 bits per heavy atom. The Kier molecular flexibility index (Phi) is 3.98. The second-order valence-electron chi connectivity index (χ2n) is 5.37. The van der Waals surface area contributed by atoms with E-state index in [1.54, 1.807) is 36.4 Å². The van der Waals surface area contributed by atoms with Crippen LogP contribution in [0.15, 0.2) is 60.4 Å². The molecule has 0 aromatic heterocycles. The van der Waals surface area contributed by atoms with E-state index in [-0.39, 0.29) is 11.5 Å². The fourth-order valence-corrected chi connectivity index (χ4v) is 2.20. The van der Waals surface area contributed by atoms with Gasteiger partial charge in [0.1, 0.15) is 23.9 Å². The molecule has 0 atom stereocenters. The van der Waals surface area contributed by atoms with Gasteiger partial charge in [-0.2, -0.15) is 0 Å². The van der Waals surface area contributed by atoms with E-state index in [2.05, 4.69) is 6.58 Å². The van der Waals surface area contributed by atoms with E-state index in [1.807, 2.05) is 6.92 Å². The van der Waals surface area contributed by atoms with Crippen molar-refractivity contribution >= 4 is 11.9 Å². The van der Waals surface area contributed by atoms with E-state index in [0.717, 1.165) is 5.57 Å². The molecule has 0 unspecified atom stereocenters. The van der Waals surface area contributed by atoms with Crippen LogP contribution in [-0.2, 0) is 0 Å². The predicted molar refractivity (Wildman–Crippen MR) is 86.1 cm³/mol. The number of halogens is 1. The van der Waals surface area contributed by atoms with Gasteiger partial charge in [-0.3, -0.25) is 4.79 Å². The van der Waals surface area contributed by atoms with Crippen molar-refractivity contribution in [2.75, 3.05) is 6.61 Å². The van der Waals surface area contributed by atoms with Crippen LogP contribution >= 0.6 is 0 Å². The summed E-state index contributed by atoms with van der Waals surface area (Å²) < 4.78 is 24.8. The molecule has 2 aromatic carbocycles. The molecule has 0 saturated heterocycles. The van der Waals surface area contributed by atoms with E-state index < -0.39 is 5.82 Å². The molecule has 0 N–H and O–H groups in total. The second-order valence-corrected chi connectivity index (χ2v) is 5.37. The van der Waals surface area contributed by atoms with Crippen molar-refractivity contribution in [2.45, 2.75) is 6.92 Å². The molecule has 0 fully saturated rings. The van der Waals surface area contributed by atoms with Crippen molar-refractivity contribution in [3.8, 4) is 11.5 Å². The van der Waals surface area contributed by atoms with Crippen LogP contribution in [-0.4, -0.2) is 12.4 Å². The minimum absolute atomic E-state index is 0.0992. The molecule has 0 radical (unpaired) electrons. The number of rotatable bonds is 4. The maximum Gasteiger partial charge on any atom is 0.231 e. The SMILES string of the molecule is C=C(C)COc1ccc2c(c1)O/C(=C\c1ccccc1F)C2=O. The summed E-state index contributed by atoms with van der Waals surface area (Å²) in [7, 11) is 0. The molecule has 2 aromatic rings. The Balaban J connectivity index is 1.87. The first-order valence-electron chi connectivity index (χ1n) is 7.14. The van der Waals surface area contributed by atoms with Gasteiger partial charge < -0.3 is 9.47 Å². The number of ketones is 1. The van der Waals surface area contributed by atoms with Crippen molar-refractivity contribution in [3.05, 3.63) is 77.3 Å². The van der Waals surface area contributed by atoms with E-state index in [1.165, 1.54) is 12.1 Å². The predicted octanol–water partition coefficient (Wildman–Crippen LogP) is 4.40. The number of hydrogen-bond donors (Lipinski definition) is 0. The van der Waals surface area contributed by atoms with Crippen molar-refractivity contribution in [2.24, 2.45) is 0 Å². The van der Waals surface area contributed by atoms with Gasteiger partial charge in [-0.25, -0.2) is 4.39 Å². The van der Waals surface area contributed by atoms with Gasteiger partial charge in [0.15, 0.2) is 5.76 Å². The Labute approximate surface area is 133 Å². The molecule has 23 heavy (non-hydrogen) atoms. The van der Waals surface area contributed by atoms with Crippen molar-refractivity contribution < 1.29 is 18.7 Å². The number of allylic oxidation sites excluding steroid dienone is 1. The van der Waals surface area contributed by atoms with Gasteiger partial charge in [-0.1, -0.05) is 24.8 Å². The largest absolute Gasteiger partial charge is 0.489 e. The number of carbonyl (C=O) groups excluding carboxylic acids is 1. The average Bonchev–Trinajstić information content (AvgIpc) is 2.83. The molecule has 4 heteroatoms. The maximum atomic E-state index is 13.7. The maximum absolute atomic E-state index is 13.7. The van der Waals surface area contributed by atoms with E-state index in [9.17, 15) is 9.18 Å². The summed E-state index contributed by atoms with van der Waals surface area (Å²) in [6.45, 7) is 6.02. The minimum atomic E-state index is -0.405. The summed E-state index contributed by atoms with van der Waals surface area (Å²) in [5.41, 5.74) is 1.64. The highest BCUT2D eigenvalue weighted by Crippen LogP contribution is 2.35. The number of ether oxygens (including phenoxy) is 2. The first kappa shape index (κ1) is 15.0. The fraction of sp³-hybridized carbons (Fsp3) is 0.105. The van der Waals surface area contributed by atoms with E-state index >= 15 is 0 Å².